The molecule has 4 aromatic rings. The average molecular weight is 578 g/mol. The predicted octanol–water partition coefficient (Wildman–Crippen LogP) is 3.93. The number of halogens is 2. The summed E-state index contributed by atoms with van der Waals surface area (Å²) in [7, 11) is -2.41. The molecule has 1 unspecified atom stereocenters. The Kier molecular flexibility index (Phi) is 7.57. The lowest BCUT2D eigenvalue weighted by Gasteiger charge is -2.12. The number of fused-ring (bicyclic) bond motifs is 1. The van der Waals surface area contributed by atoms with Crippen LogP contribution < -0.4 is 20.1 Å². The fourth-order valence-corrected chi connectivity index (χ4v) is 6.89. The third-order valence-electron chi connectivity index (χ3n) is 6.19. The van der Waals surface area contributed by atoms with Gasteiger partial charge in [0.15, 0.2) is 5.82 Å². The summed E-state index contributed by atoms with van der Waals surface area (Å²) in [5.41, 5.74) is 2.44. The molecule has 1 amide bonds. The normalized spacial score (nSPS) is 17.6. The third-order valence-corrected chi connectivity index (χ3v) is 9.25. The zero-order valence-corrected chi connectivity index (χ0v) is 22.7. The van der Waals surface area contributed by atoms with Gasteiger partial charge in [0.1, 0.15) is 16.1 Å². The average Bonchev–Trinajstić information content (AvgIpc) is 3.62. The maximum Gasteiger partial charge on any atom is 0.272 e. The molecule has 2 aromatic heterocycles. The van der Waals surface area contributed by atoms with Crippen molar-refractivity contribution in [1.29, 1.82) is 0 Å². The highest BCUT2D eigenvalue weighted by molar-refractivity contribution is 7.94. The Morgan fingerprint density at radius 1 is 1.24 bits per heavy atom. The van der Waals surface area contributed by atoms with E-state index >= 15 is 0 Å². The number of carbonyl (C=O) groups excluding carboxylic acids is 1. The first-order valence-electron chi connectivity index (χ1n) is 11.8. The van der Waals surface area contributed by atoms with Crippen molar-refractivity contribution in [2.45, 2.75) is 35.9 Å². The summed E-state index contributed by atoms with van der Waals surface area (Å²) in [6.45, 7) is 0.824. The number of carbonyl (C=O) groups is 1. The van der Waals surface area contributed by atoms with Gasteiger partial charge in [-0.2, -0.15) is 5.10 Å². The highest BCUT2D eigenvalue weighted by atomic mass is 35.5. The van der Waals surface area contributed by atoms with Crippen LogP contribution in [0.5, 0.6) is 5.75 Å². The number of hydrogen-bond acceptors (Lipinski definition) is 7. The van der Waals surface area contributed by atoms with Crippen molar-refractivity contribution in [1.82, 2.24) is 20.4 Å². The molecule has 0 spiro atoms. The van der Waals surface area contributed by atoms with Crippen molar-refractivity contribution in [2.24, 2.45) is 0 Å². The highest BCUT2D eigenvalue weighted by Gasteiger charge is 2.29. The second kappa shape index (κ2) is 10.9. The zero-order chi connectivity index (χ0) is 26.9. The molecule has 2 aromatic carbocycles. The molecule has 0 bridgehead atoms. The summed E-state index contributed by atoms with van der Waals surface area (Å²) in [6, 6.07) is 15.4. The SMILES string of the molecule is COc1cccc2c1c(NS(=O)(=O)c1ccc(Cl)s1)nn2Cc1cccc(CNC(=O)[C@@H]2CC(F)CN2)c1. The smallest absolute Gasteiger partial charge is 0.272 e. The lowest BCUT2D eigenvalue weighted by Crippen LogP contribution is -2.40. The number of anilines is 1. The van der Waals surface area contributed by atoms with Crippen LogP contribution in [0.2, 0.25) is 4.34 Å². The van der Waals surface area contributed by atoms with Gasteiger partial charge in [-0.15, -0.1) is 11.3 Å². The van der Waals surface area contributed by atoms with Crippen LogP contribution in [-0.2, 0) is 27.9 Å². The number of methoxy groups -OCH3 is 1. The Balaban J connectivity index is 1.39. The van der Waals surface area contributed by atoms with E-state index in [1.807, 2.05) is 36.4 Å². The van der Waals surface area contributed by atoms with E-state index in [-0.39, 0.29) is 28.9 Å². The number of sulfonamides is 1. The lowest BCUT2D eigenvalue weighted by molar-refractivity contribution is -0.123. The topological polar surface area (TPSA) is 114 Å². The molecule has 1 aliphatic heterocycles. The number of ether oxygens (including phenoxy) is 1. The molecule has 1 saturated heterocycles. The molecule has 9 nitrogen and oxygen atoms in total. The molecule has 1 aliphatic rings. The highest BCUT2D eigenvalue weighted by Crippen LogP contribution is 2.35. The maximum absolute atomic E-state index is 13.4. The Morgan fingerprint density at radius 3 is 2.74 bits per heavy atom. The van der Waals surface area contributed by atoms with E-state index in [0.717, 1.165) is 22.5 Å². The van der Waals surface area contributed by atoms with E-state index in [0.29, 0.717) is 34.1 Å². The number of thiophene rings is 1. The van der Waals surface area contributed by atoms with Crippen molar-refractivity contribution in [3.8, 4) is 5.75 Å². The van der Waals surface area contributed by atoms with Gasteiger partial charge >= 0.3 is 0 Å². The Morgan fingerprint density at radius 2 is 2.03 bits per heavy atom. The quantitative estimate of drug-likeness (QED) is 0.278. The van der Waals surface area contributed by atoms with Gasteiger partial charge in [-0.1, -0.05) is 41.9 Å². The molecule has 0 aliphatic carbocycles. The number of rotatable bonds is 9. The summed E-state index contributed by atoms with van der Waals surface area (Å²) in [5.74, 6) is 0.383. The number of benzene rings is 2. The van der Waals surface area contributed by atoms with E-state index < -0.39 is 22.2 Å². The van der Waals surface area contributed by atoms with Crippen LogP contribution in [0.1, 0.15) is 17.5 Å². The van der Waals surface area contributed by atoms with Crippen LogP contribution in [0.15, 0.2) is 58.8 Å². The van der Waals surface area contributed by atoms with Crippen LogP contribution in [0.25, 0.3) is 10.9 Å². The van der Waals surface area contributed by atoms with Crippen molar-refractivity contribution in [3.05, 3.63) is 70.1 Å². The van der Waals surface area contributed by atoms with Crippen LogP contribution in [0, 0.1) is 0 Å². The minimum Gasteiger partial charge on any atom is -0.496 e. The van der Waals surface area contributed by atoms with Crippen molar-refractivity contribution < 1.29 is 22.3 Å². The molecule has 0 saturated carbocycles. The number of alkyl halides is 1. The molecule has 13 heteroatoms. The van der Waals surface area contributed by atoms with E-state index in [1.165, 1.54) is 19.2 Å². The first-order valence-corrected chi connectivity index (χ1v) is 14.5. The first-order chi connectivity index (χ1) is 18.2. The van der Waals surface area contributed by atoms with Crippen LogP contribution in [0.4, 0.5) is 10.2 Å². The molecule has 38 heavy (non-hydrogen) atoms. The maximum atomic E-state index is 13.4. The second-order valence-electron chi connectivity index (χ2n) is 8.86. The van der Waals surface area contributed by atoms with Crippen LogP contribution in [-0.4, -0.2) is 50.0 Å². The third kappa shape index (κ3) is 5.63. The molecule has 3 N–H and O–H groups in total. The largest absolute Gasteiger partial charge is 0.496 e. The fraction of sp³-hybridized carbons (Fsp3) is 0.280. The van der Waals surface area contributed by atoms with Gasteiger partial charge in [0, 0.05) is 19.5 Å². The standard InChI is InChI=1S/C25H25ClFN5O4S2/c1-36-20-7-3-6-19-23(20)24(31-38(34,35)22-9-8-21(26)37-22)30-32(19)14-16-5-2-4-15(10-16)12-29-25(33)18-11-17(27)13-28-18/h2-10,17-18,28H,11-14H2,1H3,(H,29,33)(H,30,31)/t17?,18-/m0/s1. The summed E-state index contributed by atoms with van der Waals surface area (Å²) in [4.78, 5) is 12.3. The summed E-state index contributed by atoms with van der Waals surface area (Å²) >= 11 is 6.89. The molecule has 1 fully saturated rings. The van der Waals surface area contributed by atoms with Crippen LogP contribution in [0.3, 0.4) is 0 Å². The van der Waals surface area contributed by atoms with E-state index in [2.05, 4.69) is 20.5 Å². The number of nitrogens with one attached hydrogen (secondary N) is 3. The number of hydrogen-bond donors (Lipinski definition) is 3. The minimum atomic E-state index is -3.92. The molecule has 200 valence electrons. The predicted molar refractivity (Wildman–Crippen MR) is 145 cm³/mol. The summed E-state index contributed by atoms with van der Waals surface area (Å²) in [5, 5.41) is 10.8. The van der Waals surface area contributed by atoms with Gasteiger partial charge in [0.05, 0.1) is 34.9 Å². The van der Waals surface area contributed by atoms with Gasteiger partial charge in [-0.3, -0.25) is 14.2 Å². The molecule has 5 rings (SSSR count). The number of nitrogens with zero attached hydrogens (tertiary/aromatic N) is 2. The van der Waals surface area contributed by atoms with E-state index in [9.17, 15) is 17.6 Å². The van der Waals surface area contributed by atoms with Gasteiger partial charge in [0.2, 0.25) is 5.91 Å². The zero-order valence-electron chi connectivity index (χ0n) is 20.3. The Bertz CT molecular complexity index is 1590. The lowest BCUT2D eigenvalue weighted by atomic mass is 10.1. The van der Waals surface area contributed by atoms with Crippen molar-refractivity contribution in [3.63, 3.8) is 0 Å². The molecule has 0 radical (unpaired) electrons. The minimum absolute atomic E-state index is 0.0738. The van der Waals surface area contributed by atoms with E-state index in [1.54, 1.807) is 10.7 Å². The molecular formula is C25H25ClFN5O4S2. The fourth-order valence-electron chi connectivity index (χ4n) is 4.39. The Hall–Kier alpha value is -3.19. The first kappa shape index (κ1) is 26.4. The monoisotopic (exact) mass is 577 g/mol. The number of amides is 1. The Labute approximate surface area is 228 Å². The van der Waals surface area contributed by atoms with Crippen molar-refractivity contribution in [2.75, 3.05) is 18.4 Å². The second-order valence-corrected chi connectivity index (χ2v) is 12.5. The van der Waals surface area contributed by atoms with Crippen LogP contribution >= 0.6 is 22.9 Å². The van der Waals surface area contributed by atoms with Crippen molar-refractivity contribution >= 4 is 55.6 Å². The van der Waals surface area contributed by atoms with E-state index in [4.69, 9.17) is 16.3 Å². The molecular weight excluding hydrogens is 553 g/mol. The van der Waals surface area contributed by atoms with Gasteiger partial charge in [-0.25, -0.2) is 12.8 Å². The molecule has 3 heterocycles. The van der Waals surface area contributed by atoms with Gasteiger partial charge < -0.3 is 15.4 Å². The summed E-state index contributed by atoms with van der Waals surface area (Å²) < 4.78 is 49.6. The van der Waals surface area contributed by atoms with Gasteiger partial charge in [0.25, 0.3) is 10.0 Å². The molecule has 2 atom stereocenters. The summed E-state index contributed by atoms with van der Waals surface area (Å²) in [6.07, 6.45) is -0.832. The van der Waals surface area contributed by atoms with Gasteiger partial charge in [-0.05, 0) is 35.4 Å². The number of aromatic nitrogens is 2.